The summed E-state index contributed by atoms with van der Waals surface area (Å²) in [5.74, 6) is 0.108. The molecule has 1 aromatic heterocycles. The van der Waals surface area contributed by atoms with Crippen LogP contribution in [0.2, 0.25) is 0 Å². The van der Waals surface area contributed by atoms with Gasteiger partial charge in [-0.1, -0.05) is 38.1 Å². The molecule has 4 N–H and O–H groups in total. The molecule has 3 aromatic carbocycles. The van der Waals surface area contributed by atoms with Gasteiger partial charge in [0.25, 0.3) is 5.91 Å². The summed E-state index contributed by atoms with van der Waals surface area (Å²) in [6, 6.07) is 16.5. The first-order chi connectivity index (χ1) is 20.2. The van der Waals surface area contributed by atoms with Gasteiger partial charge in [0.2, 0.25) is 0 Å². The number of nitrogens with one attached hydrogen (secondary N) is 4. The maximum Gasteiger partial charge on any atom is 0.416 e. The Hall–Kier alpha value is -4.71. The predicted octanol–water partition coefficient (Wildman–Crippen LogP) is 7.62. The number of aromatic nitrogens is 2. The molecule has 224 valence electrons. The SMILES string of the molecule is Cc1ccc(C(C)C)c(NC(=S)NC(=O)Nc2ccc(-c3nn(C)c(NC(=O)c4ccc(C(F)(F)F)cc4)c3C)cc2)c1. The molecule has 0 bridgehead atoms. The molecule has 8 nitrogen and oxygen atoms in total. The van der Waals surface area contributed by atoms with Crippen molar-refractivity contribution < 1.29 is 22.8 Å². The summed E-state index contributed by atoms with van der Waals surface area (Å²) in [5, 5.41) is 15.9. The van der Waals surface area contributed by atoms with Crippen LogP contribution in [0.3, 0.4) is 0 Å². The molecule has 0 spiro atoms. The number of amides is 3. The molecule has 3 amide bonds. The van der Waals surface area contributed by atoms with Crippen molar-refractivity contribution in [3.8, 4) is 11.3 Å². The number of thiocarbonyl (C=S) groups is 1. The number of halogens is 3. The lowest BCUT2D eigenvalue weighted by atomic mass is 9.99. The third-order valence-corrected chi connectivity index (χ3v) is 6.92. The number of hydrogen-bond acceptors (Lipinski definition) is 4. The van der Waals surface area contributed by atoms with E-state index in [1.165, 1.54) is 4.68 Å². The molecule has 12 heteroatoms. The van der Waals surface area contributed by atoms with E-state index in [1.807, 2.05) is 25.1 Å². The number of alkyl halides is 3. The van der Waals surface area contributed by atoms with E-state index in [0.717, 1.165) is 46.6 Å². The highest BCUT2D eigenvalue weighted by Crippen LogP contribution is 2.31. The first-order valence-corrected chi connectivity index (χ1v) is 13.8. The lowest BCUT2D eigenvalue weighted by Crippen LogP contribution is -2.37. The average molecular weight is 609 g/mol. The van der Waals surface area contributed by atoms with Crippen molar-refractivity contribution in [2.45, 2.75) is 39.8 Å². The van der Waals surface area contributed by atoms with Gasteiger partial charge in [0, 0.05) is 35.1 Å². The molecule has 0 atom stereocenters. The third kappa shape index (κ3) is 7.58. The normalized spacial score (nSPS) is 11.3. The van der Waals surface area contributed by atoms with E-state index in [9.17, 15) is 22.8 Å². The van der Waals surface area contributed by atoms with E-state index in [2.05, 4.69) is 40.2 Å². The Labute approximate surface area is 252 Å². The highest BCUT2D eigenvalue weighted by Gasteiger charge is 2.30. The van der Waals surface area contributed by atoms with Crippen molar-refractivity contribution in [3.05, 3.63) is 94.5 Å². The average Bonchev–Trinajstić information content (AvgIpc) is 3.21. The second-order valence-electron chi connectivity index (χ2n) is 10.3. The summed E-state index contributed by atoms with van der Waals surface area (Å²) < 4.78 is 40.0. The van der Waals surface area contributed by atoms with Gasteiger partial charge in [-0.3, -0.25) is 14.8 Å². The van der Waals surface area contributed by atoms with Gasteiger partial charge in [-0.25, -0.2) is 4.79 Å². The van der Waals surface area contributed by atoms with Crippen molar-refractivity contribution in [2.75, 3.05) is 16.0 Å². The van der Waals surface area contributed by atoms with Gasteiger partial charge in [0.05, 0.1) is 11.3 Å². The first-order valence-electron chi connectivity index (χ1n) is 13.3. The van der Waals surface area contributed by atoms with Crippen LogP contribution in [0.15, 0.2) is 66.7 Å². The minimum absolute atomic E-state index is 0.0813. The maximum atomic E-state index is 12.8. The highest BCUT2D eigenvalue weighted by molar-refractivity contribution is 7.80. The number of rotatable bonds is 6. The lowest BCUT2D eigenvalue weighted by molar-refractivity contribution is -0.137. The fraction of sp³-hybridized carbons (Fsp3) is 0.226. The van der Waals surface area contributed by atoms with Crippen LogP contribution in [0.25, 0.3) is 11.3 Å². The van der Waals surface area contributed by atoms with Gasteiger partial charge in [-0.2, -0.15) is 18.3 Å². The zero-order chi connectivity index (χ0) is 31.5. The van der Waals surface area contributed by atoms with Crippen LogP contribution in [0.1, 0.15) is 52.4 Å². The molecule has 0 unspecified atom stereocenters. The summed E-state index contributed by atoms with van der Waals surface area (Å²) in [4.78, 5) is 25.3. The van der Waals surface area contributed by atoms with E-state index in [4.69, 9.17) is 12.2 Å². The molecular formula is C31H31F3N6O2S. The Morgan fingerprint density at radius 1 is 0.907 bits per heavy atom. The number of urea groups is 1. The summed E-state index contributed by atoms with van der Waals surface area (Å²) in [5.41, 5.74) is 4.73. The van der Waals surface area contributed by atoms with Crippen LogP contribution in [-0.4, -0.2) is 26.8 Å². The van der Waals surface area contributed by atoms with Gasteiger partial charge in [-0.05, 0) is 85.6 Å². The Kier molecular flexibility index (Phi) is 9.19. The monoisotopic (exact) mass is 608 g/mol. The highest BCUT2D eigenvalue weighted by atomic mass is 32.1. The number of carbonyl (C=O) groups is 2. The summed E-state index contributed by atoms with van der Waals surface area (Å²) in [7, 11) is 1.65. The second kappa shape index (κ2) is 12.7. The lowest BCUT2D eigenvalue weighted by Gasteiger charge is -2.16. The minimum Gasteiger partial charge on any atom is -0.332 e. The van der Waals surface area contributed by atoms with Gasteiger partial charge in [0.1, 0.15) is 5.82 Å². The van der Waals surface area contributed by atoms with E-state index >= 15 is 0 Å². The van der Waals surface area contributed by atoms with E-state index in [0.29, 0.717) is 22.8 Å². The zero-order valence-corrected chi connectivity index (χ0v) is 25.0. The van der Waals surface area contributed by atoms with Gasteiger partial charge in [-0.15, -0.1) is 0 Å². The fourth-order valence-electron chi connectivity index (χ4n) is 4.48. The minimum atomic E-state index is -4.49. The Balaban J connectivity index is 1.39. The molecular weight excluding hydrogens is 577 g/mol. The molecule has 4 aromatic rings. The molecule has 1 heterocycles. The standard InChI is InChI=1S/C31H31F3N6O2S/c1-17(2)24-15-6-18(3)16-25(24)36-30(43)38-29(42)35-23-13-9-20(10-14-23)26-19(4)27(40(5)39-26)37-28(41)21-7-11-22(12-8-21)31(32,33)34/h6-17H,1-5H3,(H,37,41)(H3,35,36,38,42,43). The van der Waals surface area contributed by atoms with Crippen molar-refractivity contribution in [1.29, 1.82) is 0 Å². The van der Waals surface area contributed by atoms with E-state index in [1.54, 1.807) is 38.2 Å². The Morgan fingerprint density at radius 3 is 2.16 bits per heavy atom. The van der Waals surface area contributed by atoms with Crippen LogP contribution in [-0.2, 0) is 13.2 Å². The molecule has 0 saturated carbocycles. The van der Waals surface area contributed by atoms with E-state index in [-0.39, 0.29) is 16.6 Å². The second-order valence-corrected chi connectivity index (χ2v) is 10.7. The fourth-order valence-corrected chi connectivity index (χ4v) is 4.68. The molecule has 0 fully saturated rings. The molecule has 0 aliphatic carbocycles. The van der Waals surface area contributed by atoms with Crippen molar-refractivity contribution >= 4 is 46.5 Å². The Morgan fingerprint density at radius 2 is 1.56 bits per heavy atom. The van der Waals surface area contributed by atoms with Crippen molar-refractivity contribution in [2.24, 2.45) is 7.05 Å². The van der Waals surface area contributed by atoms with Crippen molar-refractivity contribution in [3.63, 3.8) is 0 Å². The van der Waals surface area contributed by atoms with Crippen LogP contribution in [0.5, 0.6) is 0 Å². The largest absolute Gasteiger partial charge is 0.416 e. The van der Waals surface area contributed by atoms with Crippen LogP contribution >= 0.6 is 12.2 Å². The van der Waals surface area contributed by atoms with Crippen molar-refractivity contribution in [1.82, 2.24) is 15.1 Å². The molecule has 4 rings (SSSR count). The smallest absolute Gasteiger partial charge is 0.332 e. The van der Waals surface area contributed by atoms with Crippen LogP contribution in [0, 0.1) is 13.8 Å². The zero-order valence-electron chi connectivity index (χ0n) is 24.2. The van der Waals surface area contributed by atoms with Crippen LogP contribution < -0.4 is 21.3 Å². The first kappa shape index (κ1) is 31.2. The van der Waals surface area contributed by atoms with Gasteiger partial charge < -0.3 is 16.0 Å². The van der Waals surface area contributed by atoms with Crippen LogP contribution in [0.4, 0.5) is 35.2 Å². The summed E-state index contributed by atoms with van der Waals surface area (Å²) in [6.45, 7) is 7.91. The quantitative estimate of drug-likeness (QED) is 0.169. The molecule has 43 heavy (non-hydrogen) atoms. The topological polar surface area (TPSA) is 100 Å². The molecule has 0 radical (unpaired) electrons. The number of nitrogens with zero attached hydrogens (tertiary/aromatic N) is 2. The van der Waals surface area contributed by atoms with E-state index < -0.39 is 23.7 Å². The number of hydrogen-bond donors (Lipinski definition) is 4. The summed E-state index contributed by atoms with van der Waals surface area (Å²) in [6.07, 6.45) is -4.49. The number of anilines is 3. The Bertz CT molecular complexity index is 1660. The molecule has 0 aliphatic heterocycles. The number of carbonyl (C=O) groups excluding carboxylic acids is 2. The number of benzene rings is 3. The number of aryl methyl sites for hydroxylation is 2. The van der Waals surface area contributed by atoms with Gasteiger partial charge >= 0.3 is 12.2 Å². The molecule has 0 aliphatic rings. The predicted molar refractivity (Wildman–Crippen MR) is 166 cm³/mol. The van der Waals surface area contributed by atoms with Gasteiger partial charge in [0.15, 0.2) is 5.11 Å². The maximum absolute atomic E-state index is 12.8. The molecule has 0 saturated heterocycles. The summed E-state index contributed by atoms with van der Waals surface area (Å²) >= 11 is 5.34. The third-order valence-electron chi connectivity index (χ3n) is 6.71.